The minimum atomic E-state index is -1.11. The van der Waals surface area contributed by atoms with Gasteiger partial charge in [-0.2, -0.15) is 0 Å². The first kappa shape index (κ1) is 18.8. The molecular formula is C19H25FN2O4. The van der Waals surface area contributed by atoms with E-state index in [1.54, 1.807) is 29.0 Å². The molecule has 2 aliphatic rings. The first-order valence-electron chi connectivity index (χ1n) is 8.99. The van der Waals surface area contributed by atoms with Crippen molar-refractivity contribution in [2.75, 3.05) is 33.4 Å². The molecule has 1 amide bonds. The second-order valence-corrected chi connectivity index (χ2v) is 7.05. The van der Waals surface area contributed by atoms with Gasteiger partial charge in [0, 0.05) is 19.1 Å². The van der Waals surface area contributed by atoms with Crippen LogP contribution in [0.15, 0.2) is 24.3 Å². The van der Waals surface area contributed by atoms with Crippen molar-refractivity contribution in [1.82, 2.24) is 9.80 Å². The number of carbonyl (C=O) groups is 2. The van der Waals surface area contributed by atoms with E-state index in [0.717, 1.165) is 5.56 Å². The van der Waals surface area contributed by atoms with Crippen molar-refractivity contribution in [2.24, 2.45) is 5.92 Å². The first-order valence-corrected chi connectivity index (χ1v) is 8.99. The quantitative estimate of drug-likeness (QED) is 0.884. The fourth-order valence-corrected chi connectivity index (χ4v) is 4.30. The Balaban J connectivity index is 1.99. The SMILES string of the molecule is CC[C@]1(C(=O)O)C[C@@H](C(=O)N2CCOCC2)[C@@H](c2ccc(F)cc2)N1C. The van der Waals surface area contributed by atoms with Crippen LogP contribution in [0.4, 0.5) is 4.39 Å². The van der Waals surface area contributed by atoms with Gasteiger partial charge in [-0.3, -0.25) is 14.5 Å². The molecule has 0 bridgehead atoms. The molecule has 0 spiro atoms. The van der Waals surface area contributed by atoms with Crippen LogP contribution < -0.4 is 0 Å². The van der Waals surface area contributed by atoms with Crippen LogP contribution >= 0.6 is 0 Å². The summed E-state index contributed by atoms with van der Waals surface area (Å²) in [6, 6.07) is 5.59. The van der Waals surface area contributed by atoms with Crippen molar-refractivity contribution in [3.8, 4) is 0 Å². The van der Waals surface area contributed by atoms with Crippen LogP contribution in [0.25, 0.3) is 0 Å². The smallest absolute Gasteiger partial charge is 0.324 e. The van der Waals surface area contributed by atoms with Crippen molar-refractivity contribution in [3.05, 3.63) is 35.6 Å². The standard InChI is InChI=1S/C19H25FN2O4/c1-3-19(18(24)25)12-15(17(23)22-8-10-26-11-9-22)16(21(19)2)13-4-6-14(20)7-5-13/h4-7,15-16H,3,8-12H2,1-2H3,(H,24,25)/t15-,16-,19-/m1/s1. The van der Waals surface area contributed by atoms with Gasteiger partial charge in [0.05, 0.1) is 19.1 Å². The lowest BCUT2D eigenvalue weighted by molar-refractivity contribution is -0.150. The lowest BCUT2D eigenvalue weighted by atomic mass is 9.86. The zero-order chi connectivity index (χ0) is 18.9. The summed E-state index contributed by atoms with van der Waals surface area (Å²) in [6.45, 7) is 3.84. The van der Waals surface area contributed by atoms with Crippen molar-refractivity contribution >= 4 is 11.9 Å². The second kappa shape index (κ2) is 7.32. The Bertz CT molecular complexity index is 675. The lowest BCUT2D eigenvalue weighted by Crippen LogP contribution is -2.48. The molecule has 1 N–H and O–H groups in total. The normalized spacial score (nSPS) is 29.7. The molecule has 1 aromatic rings. The number of likely N-dealkylation sites (N-methyl/N-ethyl adjacent to an activating group) is 1. The molecule has 0 aliphatic carbocycles. The number of carbonyl (C=O) groups excluding carboxylic acids is 1. The number of carboxylic acid groups (broad SMARTS) is 1. The third-order valence-electron chi connectivity index (χ3n) is 5.87. The number of hydrogen-bond donors (Lipinski definition) is 1. The average molecular weight is 364 g/mol. The van der Waals surface area contributed by atoms with Crippen LogP contribution in [-0.4, -0.2) is 65.7 Å². The molecule has 0 unspecified atom stereocenters. The van der Waals surface area contributed by atoms with E-state index < -0.39 is 23.5 Å². The Morgan fingerprint density at radius 3 is 2.42 bits per heavy atom. The average Bonchev–Trinajstić information content (AvgIpc) is 2.96. The van der Waals surface area contributed by atoms with Gasteiger partial charge in [-0.25, -0.2) is 4.39 Å². The predicted octanol–water partition coefficient (Wildman–Crippen LogP) is 1.91. The minimum Gasteiger partial charge on any atom is -0.480 e. The molecule has 142 valence electrons. The molecule has 2 heterocycles. The Kier molecular flexibility index (Phi) is 5.29. The monoisotopic (exact) mass is 364 g/mol. The maximum absolute atomic E-state index is 13.4. The molecule has 3 rings (SSSR count). The number of likely N-dealkylation sites (tertiary alicyclic amines) is 1. The molecule has 3 atom stereocenters. The summed E-state index contributed by atoms with van der Waals surface area (Å²) in [5.41, 5.74) is -0.344. The lowest BCUT2D eigenvalue weighted by Gasteiger charge is -2.35. The van der Waals surface area contributed by atoms with E-state index in [1.165, 1.54) is 12.1 Å². The van der Waals surface area contributed by atoms with Gasteiger partial charge in [0.2, 0.25) is 5.91 Å². The van der Waals surface area contributed by atoms with Crippen molar-refractivity contribution in [3.63, 3.8) is 0 Å². The van der Waals surface area contributed by atoms with E-state index in [1.807, 2.05) is 6.92 Å². The predicted molar refractivity (Wildman–Crippen MR) is 93.1 cm³/mol. The molecule has 6 nitrogen and oxygen atoms in total. The summed E-state index contributed by atoms with van der Waals surface area (Å²) in [5.74, 6) is -1.82. The van der Waals surface area contributed by atoms with Gasteiger partial charge in [-0.1, -0.05) is 19.1 Å². The molecule has 2 aliphatic heterocycles. The molecule has 0 radical (unpaired) electrons. The molecule has 26 heavy (non-hydrogen) atoms. The number of aliphatic carboxylic acids is 1. The number of benzene rings is 1. The number of rotatable bonds is 4. The highest BCUT2D eigenvalue weighted by Crippen LogP contribution is 2.48. The maximum atomic E-state index is 13.4. The van der Waals surface area contributed by atoms with Crippen LogP contribution in [0.1, 0.15) is 31.4 Å². The van der Waals surface area contributed by atoms with Gasteiger partial charge in [0.15, 0.2) is 0 Å². The Labute approximate surface area is 152 Å². The van der Waals surface area contributed by atoms with Crippen molar-refractivity contribution < 1.29 is 23.8 Å². The van der Waals surface area contributed by atoms with Gasteiger partial charge < -0.3 is 14.7 Å². The fourth-order valence-electron chi connectivity index (χ4n) is 4.30. The summed E-state index contributed by atoms with van der Waals surface area (Å²) in [7, 11) is 1.75. The number of hydrogen-bond acceptors (Lipinski definition) is 4. The zero-order valence-electron chi connectivity index (χ0n) is 15.2. The molecule has 1 aromatic carbocycles. The number of halogens is 1. The van der Waals surface area contributed by atoms with Gasteiger partial charge in [-0.15, -0.1) is 0 Å². The molecule has 0 aromatic heterocycles. The maximum Gasteiger partial charge on any atom is 0.324 e. The van der Waals surface area contributed by atoms with Gasteiger partial charge >= 0.3 is 5.97 Å². The molecular weight excluding hydrogens is 339 g/mol. The van der Waals surface area contributed by atoms with Crippen LogP contribution in [0.3, 0.4) is 0 Å². The third-order valence-corrected chi connectivity index (χ3v) is 5.87. The summed E-state index contributed by atoms with van der Waals surface area (Å²) in [4.78, 5) is 28.8. The molecule has 0 saturated carbocycles. The third kappa shape index (κ3) is 3.10. The summed E-state index contributed by atoms with van der Waals surface area (Å²) in [6.07, 6.45) is 0.636. The minimum absolute atomic E-state index is 0.0500. The number of ether oxygens (including phenoxy) is 1. The number of amides is 1. The van der Waals surface area contributed by atoms with Crippen LogP contribution in [0.5, 0.6) is 0 Å². The molecule has 7 heteroatoms. The van der Waals surface area contributed by atoms with Crippen LogP contribution in [-0.2, 0) is 14.3 Å². The van der Waals surface area contributed by atoms with Gasteiger partial charge in [-0.05, 0) is 37.6 Å². The van der Waals surface area contributed by atoms with E-state index in [-0.39, 0.29) is 18.1 Å². The fraction of sp³-hybridized carbons (Fsp3) is 0.579. The number of carboxylic acids is 1. The highest BCUT2D eigenvalue weighted by molar-refractivity contribution is 5.85. The largest absolute Gasteiger partial charge is 0.480 e. The van der Waals surface area contributed by atoms with E-state index in [0.29, 0.717) is 32.7 Å². The van der Waals surface area contributed by atoms with Crippen LogP contribution in [0, 0.1) is 11.7 Å². The molecule has 2 fully saturated rings. The van der Waals surface area contributed by atoms with E-state index in [2.05, 4.69) is 0 Å². The Morgan fingerprint density at radius 1 is 1.27 bits per heavy atom. The Morgan fingerprint density at radius 2 is 1.88 bits per heavy atom. The van der Waals surface area contributed by atoms with E-state index in [9.17, 15) is 19.1 Å². The van der Waals surface area contributed by atoms with Crippen molar-refractivity contribution in [1.29, 1.82) is 0 Å². The highest BCUT2D eigenvalue weighted by Gasteiger charge is 2.56. The van der Waals surface area contributed by atoms with E-state index >= 15 is 0 Å². The van der Waals surface area contributed by atoms with Gasteiger partial charge in [0.1, 0.15) is 11.4 Å². The zero-order valence-corrected chi connectivity index (χ0v) is 15.2. The summed E-state index contributed by atoms with van der Waals surface area (Å²) < 4.78 is 18.7. The van der Waals surface area contributed by atoms with E-state index in [4.69, 9.17) is 4.74 Å². The highest BCUT2D eigenvalue weighted by atomic mass is 19.1. The second-order valence-electron chi connectivity index (χ2n) is 7.05. The topological polar surface area (TPSA) is 70.1 Å². The summed E-state index contributed by atoms with van der Waals surface area (Å²) in [5, 5.41) is 9.91. The van der Waals surface area contributed by atoms with Crippen molar-refractivity contribution in [2.45, 2.75) is 31.3 Å². The summed E-state index contributed by atoms with van der Waals surface area (Å²) >= 11 is 0. The molecule has 2 saturated heterocycles. The van der Waals surface area contributed by atoms with Crippen LogP contribution in [0.2, 0.25) is 0 Å². The first-order chi connectivity index (χ1) is 12.4. The van der Waals surface area contributed by atoms with Gasteiger partial charge in [0.25, 0.3) is 0 Å². The Hall–Kier alpha value is -1.99. The number of nitrogens with zero attached hydrogens (tertiary/aromatic N) is 2. The number of morpholine rings is 1.